The molecule has 0 saturated heterocycles. The molecule has 0 unspecified atom stereocenters. The number of aromatic nitrogens is 1. The molecule has 164 valence electrons. The molecule has 0 radical (unpaired) electrons. The number of rotatable bonds is 7. The Labute approximate surface area is 179 Å². The van der Waals surface area contributed by atoms with E-state index in [1.54, 1.807) is 18.3 Å². The van der Waals surface area contributed by atoms with Gasteiger partial charge in [0.15, 0.2) is 0 Å². The number of nitrogens with zero attached hydrogens (tertiary/aromatic N) is 1. The average molecular weight is 431 g/mol. The Morgan fingerprint density at radius 2 is 1.71 bits per heavy atom. The summed E-state index contributed by atoms with van der Waals surface area (Å²) in [5.41, 5.74) is 2.20. The highest BCUT2D eigenvalue weighted by Gasteiger charge is 2.29. The average Bonchev–Trinajstić information content (AvgIpc) is 2.75. The molecule has 0 fully saturated rings. The topological polar surface area (TPSA) is 74.2 Å². The molecule has 0 bridgehead atoms. The van der Waals surface area contributed by atoms with Crippen molar-refractivity contribution >= 4 is 23.2 Å². The van der Waals surface area contributed by atoms with Crippen LogP contribution in [0.25, 0.3) is 11.1 Å². The van der Waals surface area contributed by atoms with Crippen molar-refractivity contribution in [1.82, 2.24) is 4.98 Å². The summed E-state index contributed by atoms with van der Waals surface area (Å²) in [6.45, 7) is 4.25. The maximum Gasteiger partial charge on any atom is 0.416 e. The third-order valence-corrected chi connectivity index (χ3v) is 4.13. The third kappa shape index (κ3) is 7.02. The van der Waals surface area contributed by atoms with Gasteiger partial charge in [0.05, 0.1) is 12.0 Å². The number of carboxylic acids is 1. The number of hydrogen-bond acceptors (Lipinski definition) is 4. The van der Waals surface area contributed by atoms with Crippen LogP contribution in [0, 0.1) is 0 Å². The summed E-state index contributed by atoms with van der Waals surface area (Å²) in [6, 6.07) is 15.8. The largest absolute Gasteiger partial charge is 0.481 e. The standard InChI is InChI=1S/C21H18F3N3O2.C2H6/c22-21(23,24)15-5-7-16(8-6-15)27-18-4-2-1-3-17(18)14-9-11-25-19(13-14)26-12-10-20(28)29;1-2/h1-9,11,13,27H,10,12H2,(H,25,26)(H,28,29);1-2H3. The third-order valence-electron chi connectivity index (χ3n) is 4.13. The first kappa shape index (κ1) is 23.7. The van der Waals surface area contributed by atoms with Gasteiger partial charge in [-0.15, -0.1) is 0 Å². The zero-order valence-electron chi connectivity index (χ0n) is 17.2. The van der Waals surface area contributed by atoms with Gasteiger partial charge in [0.25, 0.3) is 0 Å². The molecule has 1 heterocycles. The van der Waals surface area contributed by atoms with Crippen molar-refractivity contribution in [2.45, 2.75) is 26.4 Å². The highest BCUT2D eigenvalue weighted by molar-refractivity contribution is 5.82. The van der Waals surface area contributed by atoms with Crippen LogP contribution >= 0.6 is 0 Å². The van der Waals surface area contributed by atoms with Crippen LogP contribution < -0.4 is 10.6 Å². The molecule has 8 heteroatoms. The van der Waals surface area contributed by atoms with Gasteiger partial charge >= 0.3 is 12.1 Å². The minimum Gasteiger partial charge on any atom is -0.481 e. The SMILES string of the molecule is CC.O=C(O)CCNc1cc(-c2ccccc2Nc2ccc(C(F)(F)F)cc2)ccn1. The second-order valence-electron chi connectivity index (χ2n) is 6.25. The quantitative estimate of drug-likeness (QED) is 0.402. The zero-order chi connectivity index (χ0) is 22.9. The van der Waals surface area contributed by atoms with Gasteiger partial charge in [-0.3, -0.25) is 4.79 Å². The fourth-order valence-electron chi connectivity index (χ4n) is 2.73. The summed E-state index contributed by atoms with van der Waals surface area (Å²) in [5, 5.41) is 14.8. The Hall–Kier alpha value is -3.55. The van der Waals surface area contributed by atoms with Crippen LogP contribution in [0.15, 0.2) is 66.9 Å². The van der Waals surface area contributed by atoms with E-state index in [1.165, 1.54) is 12.1 Å². The molecule has 0 aliphatic carbocycles. The second-order valence-corrected chi connectivity index (χ2v) is 6.25. The van der Waals surface area contributed by atoms with Crippen molar-refractivity contribution in [3.63, 3.8) is 0 Å². The predicted molar refractivity (Wildman–Crippen MR) is 116 cm³/mol. The minimum atomic E-state index is -4.38. The Balaban J connectivity index is 0.00000166. The molecule has 0 saturated carbocycles. The van der Waals surface area contributed by atoms with Crippen molar-refractivity contribution in [2.75, 3.05) is 17.2 Å². The smallest absolute Gasteiger partial charge is 0.416 e. The fraction of sp³-hybridized carbons (Fsp3) is 0.217. The van der Waals surface area contributed by atoms with Crippen molar-refractivity contribution in [3.8, 4) is 11.1 Å². The van der Waals surface area contributed by atoms with E-state index < -0.39 is 17.7 Å². The van der Waals surface area contributed by atoms with Gasteiger partial charge in [-0.05, 0) is 48.0 Å². The normalized spacial score (nSPS) is 10.6. The van der Waals surface area contributed by atoms with E-state index in [4.69, 9.17) is 5.11 Å². The fourth-order valence-corrected chi connectivity index (χ4v) is 2.73. The molecule has 0 spiro atoms. The first-order valence-electron chi connectivity index (χ1n) is 9.78. The number of hydrogen-bond donors (Lipinski definition) is 3. The van der Waals surface area contributed by atoms with Crippen LogP contribution in [0.1, 0.15) is 25.8 Å². The van der Waals surface area contributed by atoms with Crippen LogP contribution in [0.2, 0.25) is 0 Å². The highest BCUT2D eigenvalue weighted by atomic mass is 19.4. The van der Waals surface area contributed by atoms with E-state index in [1.807, 2.05) is 38.1 Å². The van der Waals surface area contributed by atoms with Crippen molar-refractivity contribution in [2.24, 2.45) is 0 Å². The lowest BCUT2D eigenvalue weighted by molar-refractivity contribution is -0.138. The maximum atomic E-state index is 12.7. The van der Waals surface area contributed by atoms with E-state index in [0.29, 0.717) is 11.5 Å². The number of carboxylic acid groups (broad SMARTS) is 1. The summed E-state index contributed by atoms with van der Waals surface area (Å²) in [6.07, 6.45) is -2.80. The molecular formula is C23H24F3N3O2. The van der Waals surface area contributed by atoms with Crippen molar-refractivity contribution < 1.29 is 23.1 Å². The lowest BCUT2D eigenvalue weighted by atomic mass is 10.0. The van der Waals surface area contributed by atoms with E-state index in [0.717, 1.165) is 28.9 Å². The van der Waals surface area contributed by atoms with Crippen molar-refractivity contribution in [1.29, 1.82) is 0 Å². The number of anilines is 3. The van der Waals surface area contributed by atoms with Crippen LogP contribution in [0.3, 0.4) is 0 Å². The number of nitrogens with one attached hydrogen (secondary N) is 2. The van der Waals surface area contributed by atoms with Gasteiger partial charge < -0.3 is 15.7 Å². The van der Waals surface area contributed by atoms with Crippen LogP contribution in [-0.4, -0.2) is 22.6 Å². The Morgan fingerprint density at radius 3 is 2.35 bits per heavy atom. The van der Waals surface area contributed by atoms with Gasteiger partial charge in [-0.1, -0.05) is 32.0 Å². The molecule has 5 nitrogen and oxygen atoms in total. The second kappa shape index (κ2) is 11.0. The van der Waals surface area contributed by atoms with E-state index in [-0.39, 0.29) is 13.0 Å². The first-order chi connectivity index (χ1) is 14.8. The monoisotopic (exact) mass is 431 g/mol. The Morgan fingerprint density at radius 1 is 1.03 bits per heavy atom. The van der Waals surface area contributed by atoms with Gasteiger partial charge in [0.1, 0.15) is 5.82 Å². The number of para-hydroxylation sites is 1. The van der Waals surface area contributed by atoms with E-state index in [9.17, 15) is 18.0 Å². The number of halogens is 3. The lowest BCUT2D eigenvalue weighted by Crippen LogP contribution is -2.08. The highest BCUT2D eigenvalue weighted by Crippen LogP contribution is 2.33. The Bertz CT molecular complexity index is 990. The molecule has 3 N–H and O–H groups in total. The van der Waals surface area contributed by atoms with Crippen LogP contribution in [0.4, 0.5) is 30.4 Å². The Kier molecular flexibility index (Phi) is 8.43. The summed E-state index contributed by atoms with van der Waals surface area (Å²) >= 11 is 0. The molecule has 3 rings (SSSR count). The molecule has 0 aliphatic rings. The van der Waals surface area contributed by atoms with E-state index in [2.05, 4.69) is 15.6 Å². The predicted octanol–water partition coefficient (Wildman–Crippen LogP) is 6.42. The molecule has 0 aliphatic heterocycles. The number of carbonyl (C=O) groups is 1. The number of aliphatic carboxylic acids is 1. The van der Waals surface area contributed by atoms with Gasteiger partial charge in [0.2, 0.25) is 0 Å². The summed E-state index contributed by atoms with van der Waals surface area (Å²) < 4.78 is 38.2. The molecule has 0 atom stereocenters. The van der Waals surface area contributed by atoms with Crippen molar-refractivity contribution in [3.05, 3.63) is 72.4 Å². The van der Waals surface area contributed by atoms with Crippen LogP contribution in [0.5, 0.6) is 0 Å². The maximum absolute atomic E-state index is 12.7. The summed E-state index contributed by atoms with van der Waals surface area (Å²) in [4.78, 5) is 14.8. The molecule has 0 amide bonds. The zero-order valence-corrected chi connectivity index (χ0v) is 17.2. The summed E-state index contributed by atoms with van der Waals surface area (Å²) in [7, 11) is 0. The van der Waals surface area contributed by atoms with Gasteiger partial charge in [-0.2, -0.15) is 13.2 Å². The molecular weight excluding hydrogens is 407 g/mol. The molecule has 31 heavy (non-hydrogen) atoms. The van der Waals surface area contributed by atoms with Crippen LogP contribution in [-0.2, 0) is 11.0 Å². The van der Waals surface area contributed by atoms with E-state index >= 15 is 0 Å². The van der Waals surface area contributed by atoms with Gasteiger partial charge in [-0.25, -0.2) is 4.98 Å². The number of pyridine rings is 1. The molecule has 1 aromatic heterocycles. The molecule has 2 aromatic carbocycles. The molecule has 3 aromatic rings. The first-order valence-corrected chi connectivity index (χ1v) is 9.78. The summed E-state index contributed by atoms with van der Waals surface area (Å²) in [5.74, 6) is -0.368. The lowest BCUT2D eigenvalue weighted by Gasteiger charge is -2.14. The number of benzene rings is 2. The minimum absolute atomic E-state index is 0.0298. The number of alkyl halides is 3. The van der Waals surface area contributed by atoms with Gasteiger partial charge in [0, 0.05) is 29.7 Å².